The zero-order chi connectivity index (χ0) is 29.3. The summed E-state index contributed by atoms with van der Waals surface area (Å²) >= 11 is 0. The molecule has 1 heterocycles. The SMILES string of the molecule is CC1(c2ccccc2)c2ccccc2-c2c1ccc1c2Oc2c(cccc2-c2ccc(-c3ccccc3)c3ccccc23)O1. The van der Waals surface area contributed by atoms with Crippen LogP contribution in [0.25, 0.3) is 44.2 Å². The first kappa shape index (κ1) is 24.9. The van der Waals surface area contributed by atoms with E-state index in [9.17, 15) is 0 Å². The molecule has 0 spiro atoms. The molecule has 0 saturated carbocycles. The van der Waals surface area contributed by atoms with Gasteiger partial charge in [0.05, 0.1) is 0 Å². The minimum atomic E-state index is -0.311. The van der Waals surface area contributed by atoms with Gasteiger partial charge in [0.25, 0.3) is 0 Å². The van der Waals surface area contributed by atoms with Gasteiger partial charge < -0.3 is 9.47 Å². The molecule has 2 heteroatoms. The molecule has 9 rings (SSSR count). The van der Waals surface area contributed by atoms with Crippen molar-refractivity contribution in [3.63, 3.8) is 0 Å². The molecule has 7 aromatic carbocycles. The molecule has 0 fully saturated rings. The summed E-state index contributed by atoms with van der Waals surface area (Å²) in [5.74, 6) is 2.99. The first-order valence-corrected chi connectivity index (χ1v) is 15.1. The van der Waals surface area contributed by atoms with Crippen LogP contribution in [-0.2, 0) is 5.41 Å². The predicted molar refractivity (Wildman–Crippen MR) is 179 cm³/mol. The average molecular weight is 565 g/mol. The number of ether oxygens (including phenoxy) is 2. The van der Waals surface area contributed by atoms with Crippen LogP contribution >= 0.6 is 0 Å². The molecule has 2 nitrogen and oxygen atoms in total. The van der Waals surface area contributed by atoms with Crippen molar-refractivity contribution in [1.29, 1.82) is 0 Å². The number of fused-ring (bicyclic) bond motifs is 7. The van der Waals surface area contributed by atoms with Crippen molar-refractivity contribution in [3.8, 4) is 56.4 Å². The smallest absolute Gasteiger partial charge is 0.178 e. The van der Waals surface area contributed by atoms with Gasteiger partial charge in [-0.1, -0.05) is 140 Å². The third-order valence-corrected chi connectivity index (χ3v) is 9.45. The van der Waals surface area contributed by atoms with Crippen molar-refractivity contribution < 1.29 is 9.47 Å². The Bertz CT molecular complexity index is 2230. The number of hydrogen-bond donors (Lipinski definition) is 0. The molecule has 1 aliphatic carbocycles. The number of para-hydroxylation sites is 1. The highest BCUT2D eigenvalue weighted by Gasteiger charge is 2.43. The Labute approximate surface area is 256 Å². The first-order chi connectivity index (χ1) is 21.7. The van der Waals surface area contributed by atoms with E-state index in [-0.39, 0.29) is 5.41 Å². The van der Waals surface area contributed by atoms with E-state index in [0.29, 0.717) is 0 Å². The van der Waals surface area contributed by atoms with Crippen LogP contribution < -0.4 is 9.47 Å². The molecule has 2 aliphatic rings. The fraction of sp³-hybridized carbons (Fsp3) is 0.0476. The van der Waals surface area contributed by atoms with E-state index in [1.54, 1.807) is 0 Å². The Kier molecular flexibility index (Phi) is 5.36. The molecule has 44 heavy (non-hydrogen) atoms. The van der Waals surface area contributed by atoms with Crippen molar-refractivity contribution in [2.45, 2.75) is 12.3 Å². The molecule has 1 aliphatic heterocycles. The highest BCUT2D eigenvalue weighted by atomic mass is 16.6. The normalized spacial score (nSPS) is 15.8. The monoisotopic (exact) mass is 564 g/mol. The maximum Gasteiger partial charge on any atom is 0.178 e. The molecular weight excluding hydrogens is 536 g/mol. The Morgan fingerprint density at radius 1 is 0.409 bits per heavy atom. The summed E-state index contributed by atoms with van der Waals surface area (Å²) in [6.07, 6.45) is 0. The number of benzene rings is 7. The Hall–Kier alpha value is -5.60. The van der Waals surface area contributed by atoms with Crippen LogP contribution in [0, 0.1) is 0 Å². The summed E-state index contributed by atoms with van der Waals surface area (Å²) in [6, 6.07) is 53.6. The second-order valence-corrected chi connectivity index (χ2v) is 11.8. The quantitative estimate of drug-likeness (QED) is 0.212. The molecule has 208 valence electrons. The van der Waals surface area contributed by atoms with Crippen LogP contribution in [-0.4, -0.2) is 0 Å². The van der Waals surface area contributed by atoms with E-state index < -0.39 is 0 Å². The van der Waals surface area contributed by atoms with Gasteiger partial charge in [0.1, 0.15) is 0 Å². The van der Waals surface area contributed by atoms with Gasteiger partial charge in [0, 0.05) is 16.5 Å². The molecule has 7 aromatic rings. The van der Waals surface area contributed by atoms with Crippen LogP contribution in [0.1, 0.15) is 23.6 Å². The summed E-state index contributed by atoms with van der Waals surface area (Å²) in [5, 5.41) is 2.39. The lowest BCUT2D eigenvalue weighted by Crippen LogP contribution is -2.22. The molecule has 0 radical (unpaired) electrons. The summed E-state index contributed by atoms with van der Waals surface area (Å²) in [6.45, 7) is 2.32. The molecule has 0 saturated heterocycles. The minimum absolute atomic E-state index is 0.311. The Balaban J connectivity index is 1.24. The molecular formula is C42H28O2. The van der Waals surface area contributed by atoms with Gasteiger partial charge in [-0.05, 0) is 68.8 Å². The summed E-state index contributed by atoms with van der Waals surface area (Å²) in [5.41, 5.74) is 10.3. The van der Waals surface area contributed by atoms with Crippen molar-refractivity contribution in [1.82, 2.24) is 0 Å². The maximum atomic E-state index is 7.03. The topological polar surface area (TPSA) is 18.5 Å². The predicted octanol–water partition coefficient (Wildman–Crippen LogP) is 11.4. The average Bonchev–Trinajstić information content (AvgIpc) is 3.36. The van der Waals surface area contributed by atoms with Crippen LogP contribution in [0.5, 0.6) is 23.0 Å². The van der Waals surface area contributed by atoms with Crippen molar-refractivity contribution in [3.05, 3.63) is 168 Å². The van der Waals surface area contributed by atoms with E-state index in [1.165, 1.54) is 44.2 Å². The van der Waals surface area contributed by atoms with Crippen LogP contribution in [0.2, 0.25) is 0 Å². The summed E-state index contributed by atoms with van der Waals surface area (Å²) < 4.78 is 13.7. The minimum Gasteiger partial charge on any atom is -0.449 e. The number of rotatable bonds is 3. The van der Waals surface area contributed by atoms with Crippen molar-refractivity contribution >= 4 is 10.8 Å². The molecule has 1 atom stereocenters. The number of hydrogen-bond acceptors (Lipinski definition) is 2. The molecule has 0 amide bonds. The second-order valence-electron chi connectivity index (χ2n) is 11.8. The van der Waals surface area contributed by atoms with Gasteiger partial charge in [-0.15, -0.1) is 0 Å². The fourth-order valence-corrected chi connectivity index (χ4v) is 7.33. The lowest BCUT2D eigenvalue weighted by atomic mass is 9.74. The van der Waals surface area contributed by atoms with Crippen molar-refractivity contribution in [2.24, 2.45) is 0 Å². The van der Waals surface area contributed by atoms with E-state index in [0.717, 1.165) is 39.7 Å². The third-order valence-electron chi connectivity index (χ3n) is 9.45. The lowest BCUT2D eigenvalue weighted by Gasteiger charge is -2.29. The van der Waals surface area contributed by atoms with Crippen LogP contribution in [0.15, 0.2) is 152 Å². The van der Waals surface area contributed by atoms with Gasteiger partial charge >= 0.3 is 0 Å². The molecule has 0 N–H and O–H groups in total. The fourth-order valence-electron chi connectivity index (χ4n) is 7.33. The van der Waals surface area contributed by atoms with E-state index in [2.05, 4.69) is 153 Å². The zero-order valence-corrected chi connectivity index (χ0v) is 24.3. The van der Waals surface area contributed by atoms with Crippen LogP contribution in [0.4, 0.5) is 0 Å². The molecule has 0 aromatic heterocycles. The standard InChI is InChI=1S/C42H28O2/c1-42(28-15-6-3-7-16-28)35-21-11-10-19-34(35)39-36(42)25-26-38-41(39)44-40-33(20-12-22-37(40)43-38)32-24-23-29(27-13-4-2-5-14-27)30-17-8-9-18-31(30)32/h2-26H,1H3. The zero-order valence-electron chi connectivity index (χ0n) is 24.3. The second kappa shape index (κ2) is 9.45. The Morgan fingerprint density at radius 2 is 1.05 bits per heavy atom. The van der Waals surface area contributed by atoms with Gasteiger partial charge in [-0.2, -0.15) is 0 Å². The highest BCUT2D eigenvalue weighted by Crippen LogP contribution is 2.61. The molecule has 0 bridgehead atoms. The lowest BCUT2D eigenvalue weighted by molar-refractivity contribution is 0.361. The van der Waals surface area contributed by atoms with Gasteiger partial charge in [0.15, 0.2) is 23.0 Å². The van der Waals surface area contributed by atoms with Crippen LogP contribution in [0.3, 0.4) is 0 Å². The molecule has 1 unspecified atom stereocenters. The largest absolute Gasteiger partial charge is 0.449 e. The van der Waals surface area contributed by atoms with Crippen molar-refractivity contribution in [2.75, 3.05) is 0 Å². The van der Waals surface area contributed by atoms with Gasteiger partial charge in [-0.3, -0.25) is 0 Å². The maximum absolute atomic E-state index is 7.03. The van der Waals surface area contributed by atoms with E-state index >= 15 is 0 Å². The van der Waals surface area contributed by atoms with E-state index in [4.69, 9.17) is 9.47 Å². The van der Waals surface area contributed by atoms with Gasteiger partial charge in [0.2, 0.25) is 0 Å². The Morgan fingerprint density at radius 3 is 1.86 bits per heavy atom. The summed E-state index contributed by atoms with van der Waals surface area (Å²) in [7, 11) is 0. The van der Waals surface area contributed by atoms with Gasteiger partial charge in [-0.25, -0.2) is 0 Å². The van der Waals surface area contributed by atoms with E-state index in [1.807, 2.05) is 6.07 Å². The summed E-state index contributed by atoms with van der Waals surface area (Å²) in [4.78, 5) is 0. The highest BCUT2D eigenvalue weighted by molar-refractivity contribution is 6.06. The third kappa shape index (κ3) is 3.49. The first-order valence-electron chi connectivity index (χ1n) is 15.1.